The highest BCUT2D eigenvalue weighted by Gasteiger charge is 2.48. The number of hydrogen-bond donors (Lipinski definition) is 2. The Morgan fingerprint density at radius 1 is 1.52 bits per heavy atom. The number of likely N-dealkylation sites (tertiary alicyclic amines) is 1. The van der Waals surface area contributed by atoms with Crippen molar-refractivity contribution in [3.05, 3.63) is 29.8 Å². The van der Waals surface area contributed by atoms with E-state index in [4.69, 9.17) is 6.42 Å². The fourth-order valence-corrected chi connectivity index (χ4v) is 2.79. The van der Waals surface area contributed by atoms with Gasteiger partial charge in [-0.1, -0.05) is 18.9 Å². The number of urea groups is 1. The molecule has 21 heavy (non-hydrogen) atoms. The lowest BCUT2D eigenvalue weighted by atomic mass is 9.93. The van der Waals surface area contributed by atoms with Gasteiger partial charge in [0.25, 0.3) is 0 Å². The molecule has 0 saturated carbocycles. The molecule has 0 aromatic heterocycles. The van der Waals surface area contributed by atoms with Gasteiger partial charge in [0, 0.05) is 17.8 Å². The van der Waals surface area contributed by atoms with Crippen LogP contribution in [0.3, 0.4) is 0 Å². The number of anilines is 1. The summed E-state index contributed by atoms with van der Waals surface area (Å²) < 4.78 is 0. The van der Waals surface area contributed by atoms with Crippen molar-refractivity contribution in [1.29, 1.82) is 0 Å². The molecule has 1 atom stereocenters. The molecule has 1 aliphatic heterocycles. The van der Waals surface area contributed by atoms with Crippen molar-refractivity contribution in [2.24, 2.45) is 0 Å². The zero-order chi connectivity index (χ0) is 15.5. The maximum Gasteiger partial charge on any atom is 0.329 e. The summed E-state index contributed by atoms with van der Waals surface area (Å²) in [4.78, 5) is 25.4. The Hall–Kier alpha value is -2.48. The molecule has 1 aromatic rings. The molecule has 0 bridgehead atoms. The first-order valence-electron chi connectivity index (χ1n) is 6.92. The molecule has 1 saturated heterocycles. The normalized spacial score (nSPS) is 20.9. The third-order valence-corrected chi connectivity index (χ3v) is 4.00. The van der Waals surface area contributed by atoms with Crippen molar-refractivity contribution >= 4 is 17.7 Å². The van der Waals surface area contributed by atoms with E-state index in [1.54, 1.807) is 31.2 Å². The monoisotopic (exact) mass is 286 g/mol. The SMILES string of the molecule is C#Cc1cccc(NC(=O)N2CCCC2(CC)C(=O)O)c1. The van der Waals surface area contributed by atoms with Crippen LogP contribution in [0.1, 0.15) is 31.7 Å². The number of aliphatic carboxylic acids is 1. The molecule has 5 nitrogen and oxygen atoms in total. The van der Waals surface area contributed by atoms with Crippen molar-refractivity contribution in [2.45, 2.75) is 31.7 Å². The molecule has 1 fully saturated rings. The first kappa shape index (κ1) is 14.9. The van der Waals surface area contributed by atoms with Gasteiger partial charge in [0.05, 0.1) is 0 Å². The van der Waals surface area contributed by atoms with Gasteiger partial charge in [0.15, 0.2) is 0 Å². The maximum atomic E-state index is 12.4. The van der Waals surface area contributed by atoms with Crippen LogP contribution in [-0.4, -0.2) is 34.1 Å². The zero-order valence-corrected chi connectivity index (χ0v) is 11.9. The molecular weight excluding hydrogens is 268 g/mol. The summed E-state index contributed by atoms with van der Waals surface area (Å²) in [5, 5.41) is 12.2. The summed E-state index contributed by atoms with van der Waals surface area (Å²) in [5.74, 6) is 1.55. The molecule has 0 radical (unpaired) electrons. The Morgan fingerprint density at radius 3 is 2.90 bits per heavy atom. The number of hydrogen-bond acceptors (Lipinski definition) is 2. The van der Waals surface area contributed by atoms with Crippen LogP contribution in [-0.2, 0) is 4.79 Å². The standard InChI is InChI=1S/C16H18N2O3/c1-3-12-7-5-8-13(11-12)17-15(21)18-10-6-9-16(18,4-2)14(19)20/h1,5,7-8,11H,4,6,9-10H2,2H3,(H,17,21)(H,19,20). The predicted octanol–water partition coefficient (Wildman–Crippen LogP) is 2.53. The Bertz CT molecular complexity index is 606. The van der Waals surface area contributed by atoms with Gasteiger partial charge >= 0.3 is 12.0 Å². The Labute approximate surface area is 124 Å². The van der Waals surface area contributed by atoms with Crippen LogP contribution in [0.15, 0.2) is 24.3 Å². The van der Waals surface area contributed by atoms with Crippen LogP contribution in [0.5, 0.6) is 0 Å². The highest BCUT2D eigenvalue weighted by atomic mass is 16.4. The molecule has 2 rings (SSSR count). The van der Waals surface area contributed by atoms with E-state index in [0.29, 0.717) is 37.1 Å². The second-order valence-electron chi connectivity index (χ2n) is 5.10. The third kappa shape index (κ3) is 2.70. The fourth-order valence-electron chi connectivity index (χ4n) is 2.79. The van der Waals surface area contributed by atoms with Crippen molar-refractivity contribution in [2.75, 3.05) is 11.9 Å². The van der Waals surface area contributed by atoms with Crippen LogP contribution in [0, 0.1) is 12.3 Å². The average molecular weight is 286 g/mol. The molecule has 0 spiro atoms. The second-order valence-corrected chi connectivity index (χ2v) is 5.10. The molecule has 2 N–H and O–H groups in total. The Kier molecular flexibility index (Phi) is 4.18. The third-order valence-electron chi connectivity index (χ3n) is 4.00. The van der Waals surface area contributed by atoms with Gasteiger partial charge < -0.3 is 15.3 Å². The van der Waals surface area contributed by atoms with E-state index >= 15 is 0 Å². The molecule has 0 aliphatic carbocycles. The van der Waals surface area contributed by atoms with Crippen molar-refractivity contribution in [1.82, 2.24) is 4.90 Å². The number of amides is 2. The summed E-state index contributed by atoms with van der Waals surface area (Å²) in [7, 11) is 0. The van der Waals surface area contributed by atoms with Crippen LogP contribution >= 0.6 is 0 Å². The van der Waals surface area contributed by atoms with E-state index in [0.717, 1.165) is 0 Å². The van der Waals surface area contributed by atoms with E-state index in [1.165, 1.54) is 4.90 Å². The number of nitrogens with zero attached hydrogens (tertiary/aromatic N) is 1. The molecule has 1 aromatic carbocycles. The predicted molar refractivity (Wildman–Crippen MR) is 80.0 cm³/mol. The maximum absolute atomic E-state index is 12.4. The molecule has 5 heteroatoms. The number of benzene rings is 1. The largest absolute Gasteiger partial charge is 0.479 e. The van der Waals surface area contributed by atoms with Crippen LogP contribution < -0.4 is 5.32 Å². The quantitative estimate of drug-likeness (QED) is 0.839. The highest BCUT2D eigenvalue weighted by molar-refractivity contribution is 5.94. The smallest absolute Gasteiger partial charge is 0.329 e. The van der Waals surface area contributed by atoms with Gasteiger partial charge in [-0.2, -0.15) is 0 Å². The van der Waals surface area contributed by atoms with E-state index in [-0.39, 0.29) is 0 Å². The molecular formula is C16H18N2O3. The van der Waals surface area contributed by atoms with E-state index < -0.39 is 17.5 Å². The minimum absolute atomic E-state index is 0.389. The van der Waals surface area contributed by atoms with E-state index in [1.807, 2.05) is 0 Å². The van der Waals surface area contributed by atoms with Gasteiger partial charge in [0.2, 0.25) is 0 Å². The number of terminal acetylenes is 1. The molecule has 1 aliphatic rings. The van der Waals surface area contributed by atoms with Gasteiger partial charge in [-0.3, -0.25) is 0 Å². The summed E-state index contributed by atoms with van der Waals surface area (Å²) in [6, 6.07) is 6.52. The highest BCUT2D eigenvalue weighted by Crippen LogP contribution is 2.33. The number of carboxylic acids is 1. The topological polar surface area (TPSA) is 69.6 Å². The van der Waals surface area contributed by atoms with Crippen LogP contribution in [0.4, 0.5) is 10.5 Å². The second kappa shape index (κ2) is 5.88. The zero-order valence-electron chi connectivity index (χ0n) is 11.9. The van der Waals surface area contributed by atoms with Crippen molar-refractivity contribution < 1.29 is 14.7 Å². The Balaban J connectivity index is 2.19. The van der Waals surface area contributed by atoms with E-state index in [2.05, 4.69) is 11.2 Å². The number of rotatable bonds is 3. The van der Waals surface area contributed by atoms with Gasteiger partial charge in [-0.05, 0) is 37.5 Å². The number of nitrogens with one attached hydrogen (secondary N) is 1. The lowest BCUT2D eigenvalue weighted by Crippen LogP contribution is -2.54. The minimum Gasteiger partial charge on any atom is -0.479 e. The lowest BCUT2D eigenvalue weighted by Gasteiger charge is -2.33. The summed E-state index contributed by atoms with van der Waals surface area (Å²) >= 11 is 0. The van der Waals surface area contributed by atoms with Crippen LogP contribution in [0.25, 0.3) is 0 Å². The van der Waals surface area contributed by atoms with Gasteiger partial charge in [-0.15, -0.1) is 6.42 Å². The summed E-state index contributed by atoms with van der Waals surface area (Å²) in [5.41, 5.74) is 0.125. The number of carbonyl (C=O) groups excluding carboxylic acids is 1. The summed E-state index contributed by atoms with van der Waals surface area (Å²) in [6.07, 6.45) is 6.89. The molecule has 110 valence electrons. The van der Waals surface area contributed by atoms with Gasteiger partial charge in [-0.25, -0.2) is 9.59 Å². The average Bonchev–Trinajstić information content (AvgIpc) is 2.92. The lowest BCUT2D eigenvalue weighted by molar-refractivity contribution is -0.148. The minimum atomic E-state index is -1.10. The number of carbonyl (C=O) groups is 2. The first-order valence-corrected chi connectivity index (χ1v) is 6.92. The summed E-state index contributed by atoms with van der Waals surface area (Å²) in [6.45, 7) is 2.24. The van der Waals surface area contributed by atoms with Crippen molar-refractivity contribution in [3.63, 3.8) is 0 Å². The number of carboxylic acid groups (broad SMARTS) is 1. The Morgan fingerprint density at radius 2 is 2.29 bits per heavy atom. The van der Waals surface area contributed by atoms with Crippen molar-refractivity contribution in [3.8, 4) is 12.3 Å². The molecule has 2 amide bonds. The van der Waals surface area contributed by atoms with E-state index in [9.17, 15) is 14.7 Å². The fraction of sp³-hybridized carbons (Fsp3) is 0.375. The molecule has 1 heterocycles. The van der Waals surface area contributed by atoms with Gasteiger partial charge in [0.1, 0.15) is 5.54 Å². The first-order chi connectivity index (χ1) is 10.0. The van der Waals surface area contributed by atoms with Crippen LogP contribution in [0.2, 0.25) is 0 Å². The molecule has 1 unspecified atom stereocenters.